The summed E-state index contributed by atoms with van der Waals surface area (Å²) in [4.78, 5) is 22.7. The minimum Gasteiger partial charge on any atom is -0.381 e. The molecule has 0 bridgehead atoms. The molecule has 0 saturated heterocycles. The van der Waals surface area contributed by atoms with Crippen LogP contribution in [0.4, 0.5) is 5.95 Å². The summed E-state index contributed by atoms with van der Waals surface area (Å²) in [5.74, 6) is 0.104. The summed E-state index contributed by atoms with van der Waals surface area (Å²) in [6, 6.07) is 1.03. The van der Waals surface area contributed by atoms with Crippen LogP contribution in [0.1, 0.15) is 123 Å². The SMILES string of the molecule is CCCCCCCCCCCCCCCCCCOCC[C](C)n1cnc2c(=O)[nH]c(N)nc21. The topological polar surface area (TPSA) is 98.8 Å². The molecule has 2 aromatic heterocycles. The Morgan fingerprint density at radius 1 is 0.882 bits per heavy atom. The third-order valence-electron chi connectivity index (χ3n) is 6.59. The first kappa shape index (κ1) is 28.3. The Morgan fingerprint density at radius 3 is 1.97 bits per heavy atom. The number of nitrogen functional groups attached to an aromatic ring is 1. The summed E-state index contributed by atoms with van der Waals surface area (Å²) in [5, 5.41) is 0. The lowest BCUT2D eigenvalue weighted by Gasteiger charge is -2.13. The van der Waals surface area contributed by atoms with E-state index in [1.807, 2.05) is 11.5 Å². The number of hydrogen-bond donors (Lipinski definition) is 2. The number of hydrogen-bond acceptors (Lipinski definition) is 5. The van der Waals surface area contributed by atoms with Crippen LogP contribution >= 0.6 is 0 Å². The fraction of sp³-hybridized carbons (Fsp3) is 0.778. The van der Waals surface area contributed by atoms with Crippen LogP contribution in [0.5, 0.6) is 0 Å². The number of imidazole rings is 1. The summed E-state index contributed by atoms with van der Waals surface area (Å²) in [7, 11) is 0. The predicted octanol–water partition coefficient (Wildman–Crippen LogP) is 6.77. The maximum atomic E-state index is 11.9. The monoisotopic (exact) mass is 474 g/mol. The van der Waals surface area contributed by atoms with Crippen LogP contribution < -0.4 is 11.3 Å². The standard InChI is InChI=1S/C27H48N5O2/c1-3-4-5-6-7-8-9-10-11-12-13-14-15-16-17-18-20-34-21-19-23(2)32-22-29-24-25(32)30-27(28)31-26(24)33/h22H,3-21H2,1-2H3,(H3,28,30,31,33). The lowest BCUT2D eigenvalue weighted by Crippen LogP contribution is -2.14. The average molecular weight is 475 g/mol. The van der Waals surface area contributed by atoms with Crippen molar-refractivity contribution in [2.75, 3.05) is 18.9 Å². The minimum absolute atomic E-state index is 0.104. The lowest BCUT2D eigenvalue weighted by molar-refractivity contribution is 0.128. The van der Waals surface area contributed by atoms with Gasteiger partial charge in [0.1, 0.15) is 0 Å². The Morgan fingerprint density at radius 2 is 1.41 bits per heavy atom. The number of unbranched alkanes of at least 4 members (excludes halogenated alkanes) is 15. The molecule has 0 aliphatic carbocycles. The Hall–Kier alpha value is -1.89. The van der Waals surface area contributed by atoms with Crippen molar-refractivity contribution in [3.63, 3.8) is 0 Å². The van der Waals surface area contributed by atoms with Gasteiger partial charge in [0, 0.05) is 13.2 Å². The van der Waals surface area contributed by atoms with Gasteiger partial charge in [0.25, 0.3) is 5.56 Å². The van der Waals surface area contributed by atoms with E-state index in [1.54, 1.807) is 6.33 Å². The van der Waals surface area contributed by atoms with E-state index in [0.29, 0.717) is 17.8 Å². The van der Waals surface area contributed by atoms with Gasteiger partial charge >= 0.3 is 0 Å². The summed E-state index contributed by atoms with van der Waals surface area (Å²) in [5.41, 5.74) is 6.16. The quantitative estimate of drug-likeness (QED) is 0.194. The summed E-state index contributed by atoms with van der Waals surface area (Å²) in [6.07, 6.45) is 24.4. The maximum absolute atomic E-state index is 11.9. The van der Waals surface area contributed by atoms with Gasteiger partial charge in [-0.2, -0.15) is 4.98 Å². The first-order chi connectivity index (χ1) is 16.6. The molecule has 3 N–H and O–H groups in total. The number of rotatable bonds is 21. The zero-order chi connectivity index (χ0) is 24.4. The van der Waals surface area contributed by atoms with E-state index in [4.69, 9.17) is 10.5 Å². The Balaban J connectivity index is 1.37. The number of nitrogens with one attached hydrogen (secondary N) is 1. The van der Waals surface area contributed by atoms with Crippen LogP contribution in [-0.2, 0) is 4.74 Å². The van der Waals surface area contributed by atoms with Crippen LogP contribution in [0.15, 0.2) is 11.1 Å². The summed E-state index contributed by atoms with van der Waals surface area (Å²) < 4.78 is 7.63. The molecule has 7 nitrogen and oxygen atoms in total. The summed E-state index contributed by atoms with van der Waals surface area (Å²) in [6.45, 7) is 5.74. The van der Waals surface area contributed by atoms with Crippen LogP contribution in [0, 0.1) is 6.04 Å². The van der Waals surface area contributed by atoms with Crippen LogP contribution in [-0.4, -0.2) is 32.7 Å². The Bertz CT molecular complexity index is 832. The molecular formula is C27H48N5O2. The highest BCUT2D eigenvalue weighted by Gasteiger charge is 2.14. The number of aromatic nitrogens is 4. The normalized spacial score (nSPS) is 11.7. The van der Waals surface area contributed by atoms with Crippen molar-refractivity contribution in [3.05, 3.63) is 22.7 Å². The minimum atomic E-state index is -0.311. The largest absolute Gasteiger partial charge is 0.381 e. The molecule has 0 atom stereocenters. The van der Waals surface area contributed by atoms with Crippen molar-refractivity contribution in [2.24, 2.45) is 0 Å². The predicted molar refractivity (Wildman–Crippen MR) is 142 cm³/mol. The van der Waals surface area contributed by atoms with Crippen molar-refractivity contribution in [1.82, 2.24) is 19.5 Å². The lowest BCUT2D eigenvalue weighted by atomic mass is 10.0. The maximum Gasteiger partial charge on any atom is 0.280 e. The van der Waals surface area contributed by atoms with Gasteiger partial charge in [-0.05, 0) is 19.8 Å². The van der Waals surface area contributed by atoms with E-state index in [0.717, 1.165) is 25.5 Å². The van der Waals surface area contributed by atoms with Crippen molar-refractivity contribution >= 4 is 17.1 Å². The molecule has 1 radical (unpaired) electrons. The molecule has 0 spiro atoms. The molecule has 0 aliphatic heterocycles. The molecule has 0 aromatic carbocycles. The highest BCUT2D eigenvalue weighted by Crippen LogP contribution is 2.16. The molecule has 2 rings (SSSR count). The van der Waals surface area contributed by atoms with Gasteiger partial charge in [0.2, 0.25) is 5.95 Å². The van der Waals surface area contributed by atoms with Crippen molar-refractivity contribution < 1.29 is 4.74 Å². The molecule has 34 heavy (non-hydrogen) atoms. The van der Waals surface area contributed by atoms with Crippen molar-refractivity contribution in [2.45, 2.75) is 123 Å². The zero-order valence-corrected chi connectivity index (χ0v) is 21.7. The van der Waals surface area contributed by atoms with Crippen LogP contribution in [0.3, 0.4) is 0 Å². The number of H-pyrrole nitrogens is 1. The molecule has 0 aliphatic rings. The first-order valence-corrected chi connectivity index (χ1v) is 13.8. The fourth-order valence-electron chi connectivity index (χ4n) is 4.40. The molecule has 0 saturated carbocycles. The number of anilines is 1. The molecule has 0 fully saturated rings. The van der Waals surface area contributed by atoms with E-state index in [2.05, 4.69) is 21.9 Å². The van der Waals surface area contributed by atoms with E-state index in [-0.39, 0.29) is 11.5 Å². The first-order valence-electron chi connectivity index (χ1n) is 13.8. The molecule has 193 valence electrons. The van der Waals surface area contributed by atoms with Gasteiger partial charge in [0.05, 0.1) is 12.4 Å². The average Bonchev–Trinajstić information content (AvgIpc) is 3.24. The van der Waals surface area contributed by atoms with E-state index < -0.39 is 0 Å². The molecule has 0 amide bonds. The van der Waals surface area contributed by atoms with Crippen LogP contribution in [0.25, 0.3) is 11.2 Å². The van der Waals surface area contributed by atoms with Gasteiger partial charge in [0.15, 0.2) is 11.2 Å². The smallest absolute Gasteiger partial charge is 0.280 e. The molecule has 2 heterocycles. The molecular weight excluding hydrogens is 426 g/mol. The van der Waals surface area contributed by atoms with Gasteiger partial charge in [-0.25, -0.2) is 4.98 Å². The van der Waals surface area contributed by atoms with E-state index >= 15 is 0 Å². The number of aromatic amines is 1. The summed E-state index contributed by atoms with van der Waals surface area (Å²) >= 11 is 0. The van der Waals surface area contributed by atoms with Crippen molar-refractivity contribution in [3.8, 4) is 0 Å². The third kappa shape index (κ3) is 11.0. The van der Waals surface area contributed by atoms with Gasteiger partial charge in [-0.3, -0.25) is 9.78 Å². The van der Waals surface area contributed by atoms with Crippen LogP contribution in [0.2, 0.25) is 0 Å². The van der Waals surface area contributed by atoms with Gasteiger partial charge in [-0.15, -0.1) is 0 Å². The molecule has 0 unspecified atom stereocenters. The van der Waals surface area contributed by atoms with Gasteiger partial charge < -0.3 is 15.0 Å². The molecule has 2 aromatic rings. The van der Waals surface area contributed by atoms with E-state index in [1.165, 1.54) is 96.3 Å². The second-order valence-corrected chi connectivity index (χ2v) is 9.64. The number of fused-ring (bicyclic) bond motifs is 1. The van der Waals surface area contributed by atoms with Gasteiger partial charge in [-0.1, -0.05) is 103 Å². The number of ether oxygens (including phenoxy) is 1. The highest BCUT2D eigenvalue weighted by molar-refractivity contribution is 5.71. The highest BCUT2D eigenvalue weighted by atomic mass is 16.5. The molecule has 7 heteroatoms. The number of nitrogens with zero attached hydrogens (tertiary/aromatic N) is 3. The van der Waals surface area contributed by atoms with Crippen molar-refractivity contribution in [1.29, 1.82) is 0 Å². The van der Waals surface area contributed by atoms with E-state index in [9.17, 15) is 4.79 Å². The second-order valence-electron chi connectivity index (χ2n) is 9.64. The fourth-order valence-corrected chi connectivity index (χ4v) is 4.40. The zero-order valence-electron chi connectivity index (χ0n) is 21.7. The Labute approximate surface area is 206 Å². The Kier molecular flexibility index (Phi) is 14.6. The number of nitrogens with two attached hydrogens (primary N) is 1. The third-order valence-corrected chi connectivity index (χ3v) is 6.59. The second kappa shape index (κ2) is 17.5.